The molecule has 1 amide bonds. The van der Waals surface area contributed by atoms with Crippen LogP contribution in [0.1, 0.15) is 20.3 Å². The van der Waals surface area contributed by atoms with Gasteiger partial charge in [0.1, 0.15) is 11.8 Å². The van der Waals surface area contributed by atoms with Crippen molar-refractivity contribution < 1.29 is 24.5 Å². The first kappa shape index (κ1) is 11.8. The average molecular weight is 217 g/mol. The number of methoxy groups -OCH3 is 1. The average Bonchev–Trinajstić information content (AvgIpc) is 2.40. The summed E-state index contributed by atoms with van der Waals surface area (Å²) in [7, 11) is 1.38. The van der Waals surface area contributed by atoms with Crippen molar-refractivity contribution in [1.29, 1.82) is 0 Å². The molecular formula is C9H15NO5. The molecule has 1 aliphatic heterocycles. The minimum absolute atomic E-state index is 0.281. The fourth-order valence-electron chi connectivity index (χ4n) is 2.01. The van der Waals surface area contributed by atoms with Gasteiger partial charge in [0.15, 0.2) is 0 Å². The van der Waals surface area contributed by atoms with Crippen LogP contribution < -0.4 is 0 Å². The van der Waals surface area contributed by atoms with Gasteiger partial charge in [-0.25, -0.2) is 9.59 Å². The van der Waals surface area contributed by atoms with E-state index in [-0.39, 0.29) is 5.92 Å². The van der Waals surface area contributed by atoms with Gasteiger partial charge >= 0.3 is 12.1 Å². The summed E-state index contributed by atoms with van der Waals surface area (Å²) in [4.78, 5) is 23.0. The minimum Gasteiger partial charge on any atom is -0.479 e. The molecule has 0 spiro atoms. The number of carboxylic acids is 1. The summed E-state index contributed by atoms with van der Waals surface area (Å²) in [6.45, 7) is 3.12. The molecule has 2 unspecified atom stereocenters. The molecule has 1 aliphatic rings. The zero-order chi connectivity index (χ0) is 11.8. The Kier molecular flexibility index (Phi) is 2.90. The molecule has 6 nitrogen and oxygen atoms in total. The van der Waals surface area contributed by atoms with Gasteiger partial charge in [0.05, 0.1) is 0 Å². The number of hydrogen-bond donors (Lipinski definition) is 2. The van der Waals surface area contributed by atoms with E-state index >= 15 is 0 Å². The topological polar surface area (TPSA) is 87.1 Å². The Morgan fingerprint density at radius 2 is 2.00 bits per heavy atom. The molecule has 1 saturated heterocycles. The molecule has 1 rings (SSSR count). The van der Waals surface area contributed by atoms with Crippen LogP contribution in [0.15, 0.2) is 0 Å². The van der Waals surface area contributed by atoms with Crippen molar-refractivity contribution in [1.82, 2.24) is 4.90 Å². The lowest BCUT2D eigenvalue weighted by Crippen LogP contribution is -2.55. The van der Waals surface area contributed by atoms with E-state index in [9.17, 15) is 9.59 Å². The van der Waals surface area contributed by atoms with Gasteiger partial charge in [-0.05, 0) is 19.3 Å². The van der Waals surface area contributed by atoms with Gasteiger partial charge in [-0.3, -0.25) is 4.90 Å². The molecule has 0 aromatic heterocycles. The SMILES string of the molecule is COC1CC(C)[C@@](C)(C(=O)O)N1C(=O)O. The fraction of sp³-hybridized carbons (Fsp3) is 0.778. The summed E-state index contributed by atoms with van der Waals surface area (Å²) in [6.07, 6.45) is -1.55. The van der Waals surface area contributed by atoms with Crippen molar-refractivity contribution in [3.05, 3.63) is 0 Å². The number of hydrogen-bond acceptors (Lipinski definition) is 3. The Morgan fingerprint density at radius 1 is 1.47 bits per heavy atom. The summed E-state index contributed by atoms with van der Waals surface area (Å²) in [5, 5.41) is 18.1. The highest BCUT2D eigenvalue weighted by Crippen LogP contribution is 2.39. The smallest absolute Gasteiger partial charge is 0.410 e. The van der Waals surface area contributed by atoms with E-state index in [1.54, 1.807) is 6.92 Å². The number of carbonyl (C=O) groups is 2. The number of aliphatic carboxylic acids is 1. The molecule has 0 saturated carbocycles. The van der Waals surface area contributed by atoms with Crippen LogP contribution in [-0.4, -0.2) is 46.1 Å². The third-order valence-corrected chi connectivity index (χ3v) is 3.21. The molecule has 3 atom stereocenters. The van der Waals surface area contributed by atoms with E-state index < -0.39 is 23.8 Å². The van der Waals surface area contributed by atoms with Crippen LogP contribution in [0.4, 0.5) is 4.79 Å². The van der Waals surface area contributed by atoms with Crippen LogP contribution >= 0.6 is 0 Å². The van der Waals surface area contributed by atoms with Crippen molar-refractivity contribution in [3.63, 3.8) is 0 Å². The maximum atomic E-state index is 11.1. The molecule has 2 N–H and O–H groups in total. The summed E-state index contributed by atoms with van der Waals surface area (Å²) in [6, 6.07) is 0. The van der Waals surface area contributed by atoms with E-state index in [0.717, 1.165) is 4.90 Å². The Bertz CT molecular complexity index is 292. The summed E-state index contributed by atoms with van der Waals surface area (Å²) in [5.41, 5.74) is -1.41. The van der Waals surface area contributed by atoms with Gasteiger partial charge < -0.3 is 14.9 Å². The van der Waals surface area contributed by atoms with Crippen LogP contribution in [0.25, 0.3) is 0 Å². The zero-order valence-corrected chi connectivity index (χ0v) is 8.93. The fourth-order valence-corrected chi connectivity index (χ4v) is 2.01. The predicted molar refractivity (Wildman–Crippen MR) is 50.5 cm³/mol. The predicted octanol–water partition coefficient (Wildman–Crippen LogP) is 0.822. The number of ether oxygens (including phenoxy) is 1. The van der Waals surface area contributed by atoms with E-state index in [1.165, 1.54) is 14.0 Å². The lowest BCUT2D eigenvalue weighted by Gasteiger charge is -2.33. The normalized spacial score (nSPS) is 35.5. The number of amides is 1. The Morgan fingerprint density at radius 3 is 2.33 bits per heavy atom. The lowest BCUT2D eigenvalue weighted by molar-refractivity contribution is -0.153. The second kappa shape index (κ2) is 3.69. The van der Waals surface area contributed by atoms with Crippen LogP contribution in [0.5, 0.6) is 0 Å². The van der Waals surface area contributed by atoms with Gasteiger partial charge in [0, 0.05) is 7.11 Å². The second-order valence-corrected chi connectivity index (χ2v) is 3.93. The molecular weight excluding hydrogens is 202 g/mol. The van der Waals surface area contributed by atoms with Gasteiger partial charge in [0.2, 0.25) is 0 Å². The van der Waals surface area contributed by atoms with Gasteiger partial charge in [-0.2, -0.15) is 0 Å². The Hall–Kier alpha value is -1.30. The molecule has 0 bridgehead atoms. The van der Waals surface area contributed by atoms with E-state index in [1.807, 2.05) is 0 Å². The van der Waals surface area contributed by atoms with Gasteiger partial charge in [0.25, 0.3) is 0 Å². The first-order chi connectivity index (χ1) is 6.85. The number of rotatable bonds is 2. The highest BCUT2D eigenvalue weighted by atomic mass is 16.5. The summed E-state index contributed by atoms with van der Waals surface area (Å²) in [5.74, 6) is -1.42. The monoisotopic (exact) mass is 217 g/mol. The molecule has 0 aromatic carbocycles. The molecule has 15 heavy (non-hydrogen) atoms. The number of nitrogens with zero attached hydrogens (tertiary/aromatic N) is 1. The minimum atomic E-state index is -1.41. The van der Waals surface area contributed by atoms with Crippen LogP contribution in [0.2, 0.25) is 0 Å². The summed E-state index contributed by atoms with van der Waals surface area (Å²) >= 11 is 0. The first-order valence-electron chi connectivity index (χ1n) is 4.64. The van der Waals surface area contributed by atoms with E-state index in [4.69, 9.17) is 14.9 Å². The molecule has 0 aromatic rings. The van der Waals surface area contributed by atoms with E-state index in [2.05, 4.69) is 0 Å². The number of likely N-dealkylation sites (tertiary alicyclic amines) is 1. The number of carboxylic acid groups (broad SMARTS) is 2. The Balaban J connectivity index is 3.13. The van der Waals surface area contributed by atoms with Gasteiger partial charge in [-0.15, -0.1) is 0 Å². The zero-order valence-electron chi connectivity index (χ0n) is 8.93. The first-order valence-corrected chi connectivity index (χ1v) is 4.64. The summed E-state index contributed by atoms with van der Waals surface area (Å²) < 4.78 is 4.98. The standard InChI is InChI=1S/C9H15NO5/c1-5-4-6(15-3)10(8(13)14)9(5,2)7(11)12/h5-6H,4H2,1-3H3,(H,11,12)(H,13,14)/t5?,6?,9-/m0/s1. The molecule has 6 heteroatoms. The molecule has 1 heterocycles. The molecule has 1 fully saturated rings. The third-order valence-electron chi connectivity index (χ3n) is 3.21. The van der Waals surface area contributed by atoms with E-state index in [0.29, 0.717) is 6.42 Å². The maximum absolute atomic E-state index is 11.1. The van der Waals surface area contributed by atoms with Crippen molar-refractivity contribution in [2.24, 2.45) is 5.92 Å². The van der Waals surface area contributed by atoms with Crippen LogP contribution in [-0.2, 0) is 9.53 Å². The van der Waals surface area contributed by atoms with Crippen molar-refractivity contribution in [2.75, 3.05) is 7.11 Å². The second-order valence-electron chi connectivity index (χ2n) is 3.93. The molecule has 86 valence electrons. The third kappa shape index (κ3) is 1.54. The highest BCUT2D eigenvalue weighted by Gasteiger charge is 2.56. The van der Waals surface area contributed by atoms with Crippen LogP contribution in [0.3, 0.4) is 0 Å². The van der Waals surface area contributed by atoms with Crippen molar-refractivity contribution in [2.45, 2.75) is 32.0 Å². The highest BCUT2D eigenvalue weighted by molar-refractivity contribution is 5.84. The molecule has 0 radical (unpaired) electrons. The quantitative estimate of drug-likeness (QED) is 0.715. The lowest BCUT2D eigenvalue weighted by atomic mass is 9.88. The van der Waals surface area contributed by atoms with Crippen LogP contribution in [0, 0.1) is 5.92 Å². The largest absolute Gasteiger partial charge is 0.479 e. The van der Waals surface area contributed by atoms with Crippen molar-refractivity contribution in [3.8, 4) is 0 Å². The molecule has 0 aliphatic carbocycles. The maximum Gasteiger partial charge on any atom is 0.410 e. The van der Waals surface area contributed by atoms with Gasteiger partial charge in [-0.1, -0.05) is 6.92 Å². The van der Waals surface area contributed by atoms with Crippen molar-refractivity contribution >= 4 is 12.1 Å². The Labute approximate surface area is 87.4 Å².